The molecule has 0 radical (unpaired) electrons. The van der Waals surface area contributed by atoms with E-state index >= 15 is 0 Å². The second-order valence-corrected chi connectivity index (χ2v) is 7.16. The molecule has 2 heterocycles. The van der Waals surface area contributed by atoms with E-state index < -0.39 is 11.8 Å². The molecule has 2 rings (SSSR count). The second kappa shape index (κ2) is 5.15. The molecule has 1 aliphatic heterocycles. The van der Waals surface area contributed by atoms with Crippen LogP contribution >= 0.6 is 39.0 Å². The molecule has 3 N–H and O–H groups in total. The monoisotopic (exact) mass is 338 g/mol. The van der Waals surface area contributed by atoms with Crippen LogP contribution in [0.4, 0.5) is 0 Å². The van der Waals surface area contributed by atoms with Gasteiger partial charge in [-0.25, -0.2) is 0 Å². The van der Waals surface area contributed by atoms with Crippen LogP contribution in [0.25, 0.3) is 0 Å². The van der Waals surface area contributed by atoms with Crippen molar-refractivity contribution < 1.29 is 0 Å². The number of allylic oxidation sites excluding steroid dienone is 1. The van der Waals surface area contributed by atoms with Gasteiger partial charge in [-0.1, -0.05) is 11.8 Å². The van der Waals surface area contributed by atoms with Gasteiger partial charge in [0.1, 0.15) is 5.92 Å². The first-order chi connectivity index (χ1) is 8.58. The number of rotatable bonds is 1. The average molecular weight is 339 g/mol. The maximum absolute atomic E-state index is 9.22. The van der Waals surface area contributed by atoms with Crippen molar-refractivity contribution in [2.45, 2.75) is 5.92 Å². The summed E-state index contributed by atoms with van der Waals surface area (Å²) < 4.78 is 0.926. The Labute approximate surface area is 121 Å². The lowest BCUT2D eigenvalue weighted by atomic mass is 9.86. The van der Waals surface area contributed by atoms with Crippen LogP contribution in [-0.2, 0) is 0 Å². The van der Waals surface area contributed by atoms with Gasteiger partial charge < -0.3 is 5.73 Å². The summed E-state index contributed by atoms with van der Waals surface area (Å²) in [5.74, 6) is -1.06. The maximum atomic E-state index is 9.22. The number of hydrogen-bond donors (Lipinski definition) is 2. The largest absolute Gasteiger partial charge is 0.392 e. The van der Waals surface area contributed by atoms with Gasteiger partial charge in [0.05, 0.1) is 37.5 Å². The summed E-state index contributed by atoms with van der Waals surface area (Å²) in [5, 5.41) is 26.8. The number of nitrogens with zero attached hydrogens (tertiary/aromatic N) is 2. The van der Waals surface area contributed by atoms with E-state index in [0.717, 1.165) is 20.4 Å². The minimum Gasteiger partial charge on any atom is -0.392 e. The first kappa shape index (κ1) is 13.2. The highest BCUT2D eigenvalue weighted by molar-refractivity contribution is 9.11. The fraction of sp³-hybridized carbons (Fsp3) is 0.182. The van der Waals surface area contributed by atoms with E-state index in [0.29, 0.717) is 10.6 Å². The quantitative estimate of drug-likeness (QED) is 0.821. The maximum Gasteiger partial charge on any atom is 0.107 e. The van der Waals surface area contributed by atoms with Crippen LogP contribution in [0.15, 0.2) is 26.5 Å². The zero-order chi connectivity index (χ0) is 13.3. The molecule has 18 heavy (non-hydrogen) atoms. The van der Waals surface area contributed by atoms with Crippen molar-refractivity contribution in [2.24, 2.45) is 11.7 Å². The highest BCUT2D eigenvalue weighted by Gasteiger charge is 2.37. The van der Waals surface area contributed by atoms with Crippen LogP contribution < -0.4 is 5.73 Å². The Bertz CT molecular complexity index is 620. The molecule has 1 aromatic heterocycles. The zero-order valence-corrected chi connectivity index (χ0v) is 12.2. The van der Waals surface area contributed by atoms with Crippen molar-refractivity contribution in [1.29, 1.82) is 15.9 Å². The van der Waals surface area contributed by atoms with Gasteiger partial charge in [-0.05, 0) is 28.1 Å². The lowest BCUT2D eigenvalue weighted by Crippen LogP contribution is -2.26. The van der Waals surface area contributed by atoms with Crippen molar-refractivity contribution in [3.05, 3.63) is 31.4 Å². The van der Waals surface area contributed by atoms with Crippen LogP contribution in [-0.4, -0.2) is 5.04 Å². The minimum absolute atomic E-state index is 0.198. The Morgan fingerprint density at radius 1 is 1.39 bits per heavy atom. The Balaban J connectivity index is 2.58. The summed E-state index contributed by atoms with van der Waals surface area (Å²) in [6, 6.07) is 7.90. The molecule has 0 amide bonds. The normalized spacial score (nSPS) is 23.6. The molecule has 0 fully saturated rings. The predicted octanol–water partition coefficient (Wildman–Crippen LogP) is 3.15. The molecular formula is C11H7BrN4S2. The number of halogens is 1. The summed E-state index contributed by atoms with van der Waals surface area (Å²) in [5.41, 5.74) is 6.18. The van der Waals surface area contributed by atoms with Crippen molar-refractivity contribution in [2.75, 3.05) is 0 Å². The highest BCUT2D eigenvalue weighted by atomic mass is 79.9. The second-order valence-electron chi connectivity index (χ2n) is 3.58. The fourth-order valence-electron chi connectivity index (χ4n) is 1.77. The van der Waals surface area contributed by atoms with Crippen LogP contribution in [0, 0.1) is 34.0 Å². The molecule has 4 nitrogen and oxygen atoms in total. The van der Waals surface area contributed by atoms with Gasteiger partial charge in [-0.2, -0.15) is 10.5 Å². The van der Waals surface area contributed by atoms with Crippen LogP contribution in [0.5, 0.6) is 0 Å². The third-order valence-corrected chi connectivity index (χ3v) is 5.19. The molecule has 0 saturated carbocycles. The van der Waals surface area contributed by atoms with Crippen LogP contribution in [0.1, 0.15) is 10.8 Å². The molecule has 2 atom stereocenters. The van der Waals surface area contributed by atoms with Crippen LogP contribution in [0.3, 0.4) is 0 Å². The Morgan fingerprint density at radius 2 is 2.11 bits per heavy atom. The molecule has 0 bridgehead atoms. The van der Waals surface area contributed by atoms with Crippen LogP contribution in [0.2, 0.25) is 0 Å². The molecule has 0 unspecified atom stereocenters. The first-order valence-electron chi connectivity index (χ1n) is 4.89. The SMILES string of the molecule is N#CC1=C(N)SC(=N)[C@@H](C#N)[C@@H]1c1ccc(Br)s1. The zero-order valence-electron chi connectivity index (χ0n) is 8.98. The Kier molecular flexibility index (Phi) is 3.76. The molecule has 0 aliphatic carbocycles. The summed E-state index contributed by atoms with van der Waals surface area (Å²) in [4.78, 5) is 0.873. The van der Waals surface area contributed by atoms with Gasteiger partial charge in [-0.3, -0.25) is 5.41 Å². The van der Waals surface area contributed by atoms with E-state index in [-0.39, 0.29) is 5.04 Å². The predicted molar refractivity (Wildman–Crippen MR) is 76.0 cm³/mol. The van der Waals surface area contributed by atoms with E-state index in [1.54, 1.807) is 0 Å². The lowest BCUT2D eigenvalue weighted by molar-refractivity contribution is 0.742. The molecule has 1 aliphatic rings. The molecule has 0 aromatic carbocycles. The van der Waals surface area contributed by atoms with Gasteiger partial charge >= 0.3 is 0 Å². The van der Waals surface area contributed by atoms with E-state index in [1.807, 2.05) is 12.1 Å². The van der Waals surface area contributed by atoms with Crippen molar-refractivity contribution >= 4 is 44.1 Å². The van der Waals surface area contributed by atoms with Gasteiger partial charge in [0.25, 0.3) is 0 Å². The molecule has 1 aromatic rings. The average Bonchev–Trinajstić information content (AvgIpc) is 2.74. The Hall–Kier alpha value is -1.28. The summed E-state index contributed by atoms with van der Waals surface area (Å²) >= 11 is 5.82. The highest BCUT2D eigenvalue weighted by Crippen LogP contribution is 2.45. The summed E-state index contributed by atoms with van der Waals surface area (Å²) in [6.45, 7) is 0. The van der Waals surface area contributed by atoms with E-state index in [2.05, 4.69) is 28.1 Å². The number of thioether (sulfide) groups is 1. The van der Waals surface area contributed by atoms with Gasteiger partial charge in [-0.15, -0.1) is 11.3 Å². The third-order valence-electron chi connectivity index (χ3n) is 2.57. The van der Waals surface area contributed by atoms with Gasteiger partial charge in [0, 0.05) is 4.88 Å². The summed E-state index contributed by atoms with van der Waals surface area (Å²) in [6.07, 6.45) is 0. The summed E-state index contributed by atoms with van der Waals surface area (Å²) in [7, 11) is 0. The van der Waals surface area contributed by atoms with E-state index in [9.17, 15) is 10.5 Å². The Morgan fingerprint density at radius 3 is 2.61 bits per heavy atom. The van der Waals surface area contributed by atoms with Crippen molar-refractivity contribution in [1.82, 2.24) is 0 Å². The number of hydrogen-bond acceptors (Lipinski definition) is 6. The number of nitriles is 2. The molecule has 7 heteroatoms. The molecular weight excluding hydrogens is 332 g/mol. The number of thiophene rings is 1. The van der Waals surface area contributed by atoms with Crippen molar-refractivity contribution in [3.8, 4) is 12.1 Å². The molecule has 0 spiro atoms. The van der Waals surface area contributed by atoms with Crippen molar-refractivity contribution in [3.63, 3.8) is 0 Å². The van der Waals surface area contributed by atoms with E-state index in [1.165, 1.54) is 11.3 Å². The lowest BCUT2D eigenvalue weighted by Gasteiger charge is -2.26. The smallest absolute Gasteiger partial charge is 0.107 e. The number of nitrogens with two attached hydrogens (primary N) is 1. The molecule has 90 valence electrons. The van der Waals surface area contributed by atoms with Gasteiger partial charge in [0.15, 0.2) is 0 Å². The minimum atomic E-state index is -0.637. The molecule has 0 saturated heterocycles. The number of nitrogens with one attached hydrogen (secondary N) is 1. The fourth-order valence-corrected chi connectivity index (χ4v) is 4.17. The standard InChI is InChI=1S/C11H7BrN4S2/c12-8-2-1-7(17-8)9-5(3-13)10(15)18-11(16)6(9)4-14/h1-2,5,9,15H,16H2/t5-,9-/m0/s1. The topological polar surface area (TPSA) is 97.4 Å². The van der Waals surface area contributed by atoms with E-state index in [4.69, 9.17) is 11.1 Å². The van der Waals surface area contributed by atoms with Gasteiger partial charge in [0.2, 0.25) is 0 Å². The first-order valence-corrected chi connectivity index (χ1v) is 7.32. The third kappa shape index (κ3) is 2.17.